The molecular weight excluding hydrogens is 194 g/mol. The first-order chi connectivity index (χ1) is 6.47. The topological polar surface area (TPSA) is 130 Å². The number of carbonyl (C=O) groups is 2. The lowest BCUT2D eigenvalue weighted by Gasteiger charge is -2.16. The Morgan fingerprint density at radius 3 is 2.36 bits per heavy atom. The fourth-order valence-corrected chi connectivity index (χ4v) is 0.602. The molecule has 0 aromatic heterocycles. The third-order valence-corrected chi connectivity index (χ3v) is 1.38. The number of aliphatic hydroxyl groups excluding tert-OH is 2. The number of aliphatic carboxylic acids is 1. The van der Waals surface area contributed by atoms with E-state index in [1.807, 2.05) is 0 Å². The van der Waals surface area contributed by atoms with E-state index >= 15 is 0 Å². The van der Waals surface area contributed by atoms with Crippen LogP contribution in [0.5, 0.6) is 0 Å². The van der Waals surface area contributed by atoms with Crippen LogP contribution in [0.3, 0.4) is 0 Å². The molecule has 0 aliphatic heterocycles. The zero-order chi connectivity index (χ0) is 11.1. The van der Waals surface area contributed by atoms with Crippen LogP contribution in [0.15, 0.2) is 0 Å². The number of carboxylic acids is 1. The van der Waals surface area contributed by atoms with Gasteiger partial charge in [-0.25, -0.2) is 0 Å². The normalized spacial score (nSPS) is 14.5. The fraction of sp³-hybridized carbons (Fsp3) is 0.714. The Labute approximate surface area is 80.1 Å². The lowest BCUT2D eigenvalue weighted by atomic mass is 10.3. The van der Waals surface area contributed by atoms with Crippen molar-refractivity contribution in [2.45, 2.75) is 25.2 Å². The van der Waals surface area contributed by atoms with Crippen molar-refractivity contribution in [3.05, 3.63) is 0 Å². The first-order valence-electron chi connectivity index (χ1n) is 3.93. The van der Waals surface area contributed by atoms with E-state index in [-0.39, 0.29) is 12.8 Å². The Hall–Kier alpha value is -1.18. The summed E-state index contributed by atoms with van der Waals surface area (Å²) in [5.41, 5.74) is 5.13. The summed E-state index contributed by atoms with van der Waals surface area (Å²) in [5, 5.41) is 25.5. The minimum absolute atomic E-state index is 0.318. The van der Waals surface area contributed by atoms with E-state index in [2.05, 4.69) is 4.74 Å². The molecule has 0 radical (unpaired) electrons. The molecule has 5 N–H and O–H groups in total. The second-order valence-corrected chi connectivity index (χ2v) is 2.60. The molecule has 0 saturated carbocycles. The average molecular weight is 207 g/mol. The Morgan fingerprint density at radius 1 is 1.36 bits per heavy atom. The van der Waals surface area contributed by atoms with Crippen molar-refractivity contribution >= 4 is 11.9 Å². The molecule has 14 heavy (non-hydrogen) atoms. The lowest BCUT2D eigenvalue weighted by molar-refractivity contribution is -0.158. The summed E-state index contributed by atoms with van der Waals surface area (Å²) < 4.78 is 4.42. The van der Waals surface area contributed by atoms with Crippen molar-refractivity contribution in [1.29, 1.82) is 0 Å². The van der Waals surface area contributed by atoms with Gasteiger partial charge in [0, 0.05) is 0 Å². The van der Waals surface area contributed by atoms with E-state index < -0.39 is 30.9 Å². The molecule has 0 saturated heterocycles. The number of carbonyl (C=O) groups excluding carboxylic acids is 1. The standard InChI is InChI=1S/C7H13NO6/c8-7(4(10)3-9)14-6(13)2-1-5(11)12/h4,7,9-10H,1-3,8H2,(H,11,12). The summed E-state index contributed by atoms with van der Waals surface area (Å²) >= 11 is 0. The molecule has 82 valence electrons. The van der Waals surface area contributed by atoms with Gasteiger partial charge in [-0.05, 0) is 0 Å². The Balaban J connectivity index is 3.76. The zero-order valence-corrected chi connectivity index (χ0v) is 7.42. The van der Waals surface area contributed by atoms with Crippen molar-refractivity contribution in [1.82, 2.24) is 0 Å². The minimum Gasteiger partial charge on any atom is -0.481 e. The summed E-state index contributed by atoms with van der Waals surface area (Å²) in [6, 6.07) is 0. The summed E-state index contributed by atoms with van der Waals surface area (Å²) in [6.07, 6.45) is -3.37. The molecule has 0 heterocycles. The molecule has 0 amide bonds. The molecule has 0 aromatic carbocycles. The molecule has 2 atom stereocenters. The van der Waals surface area contributed by atoms with Gasteiger partial charge in [0.2, 0.25) is 0 Å². The molecule has 2 unspecified atom stereocenters. The molecule has 0 spiro atoms. The van der Waals surface area contributed by atoms with E-state index in [4.69, 9.17) is 21.1 Å². The summed E-state index contributed by atoms with van der Waals surface area (Å²) in [4.78, 5) is 20.9. The van der Waals surface area contributed by atoms with Crippen molar-refractivity contribution in [2.24, 2.45) is 5.73 Å². The number of ether oxygens (including phenoxy) is 1. The number of esters is 1. The quantitative estimate of drug-likeness (QED) is 0.293. The van der Waals surface area contributed by atoms with Crippen LogP contribution in [0.2, 0.25) is 0 Å². The van der Waals surface area contributed by atoms with Gasteiger partial charge in [-0.15, -0.1) is 0 Å². The number of rotatable bonds is 6. The predicted octanol–water partition coefficient (Wildman–Crippen LogP) is -1.97. The SMILES string of the molecule is NC(OC(=O)CCC(=O)O)C(O)CO. The van der Waals surface area contributed by atoms with Gasteiger partial charge in [-0.3, -0.25) is 15.3 Å². The highest BCUT2D eigenvalue weighted by atomic mass is 16.6. The molecule has 0 fully saturated rings. The first kappa shape index (κ1) is 12.8. The van der Waals surface area contributed by atoms with E-state index in [1.54, 1.807) is 0 Å². The third kappa shape index (κ3) is 5.46. The first-order valence-corrected chi connectivity index (χ1v) is 3.93. The van der Waals surface area contributed by atoms with Gasteiger partial charge in [0.05, 0.1) is 19.4 Å². The minimum atomic E-state index is -1.36. The maximum atomic E-state index is 10.8. The summed E-state index contributed by atoms with van der Waals surface area (Å²) in [7, 11) is 0. The van der Waals surface area contributed by atoms with Crippen LogP contribution in [0.4, 0.5) is 0 Å². The Kier molecular flexibility index (Phi) is 5.77. The Bertz CT molecular complexity index is 206. The highest BCUT2D eigenvalue weighted by molar-refractivity contribution is 5.76. The van der Waals surface area contributed by atoms with Crippen LogP contribution >= 0.6 is 0 Å². The highest BCUT2D eigenvalue weighted by Gasteiger charge is 2.18. The largest absolute Gasteiger partial charge is 0.481 e. The summed E-state index contributed by atoms with van der Waals surface area (Å²) in [6.45, 7) is -0.632. The van der Waals surface area contributed by atoms with Crippen LogP contribution in [0.1, 0.15) is 12.8 Å². The third-order valence-electron chi connectivity index (χ3n) is 1.38. The summed E-state index contributed by atoms with van der Waals surface area (Å²) in [5.74, 6) is -1.95. The van der Waals surface area contributed by atoms with Gasteiger partial charge >= 0.3 is 11.9 Å². The average Bonchev–Trinajstić information content (AvgIpc) is 2.13. The number of hydrogen-bond donors (Lipinski definition) is 4. The second kappa shape index (κ2) is 6.30. The van der Waals surface area contributed by atoms with Crippen molar-refractivity contribution in [3.8, 4) is 0 Å². The van der Waals surface area contributed by atoms with Gasteiger partial charge in [0.1, 0.15) is 6.10 Å². The number of aliphatic hydroxyl groups is 2. The van der Waals surface area contributed by atoms with E-state index in [0.29, 0.717) is 0 Å². The number of hydrogen-bond acceptors (Lipinski definition) is 6. The van der Waals surface area contributed by atoms with Crippen molar-refractivity contribution < 1.29 is 29.6 Å². The van der Waals surface area contributed by atoms with Crippen LogP contribution in [0, 0.1) is 0 Å². The van der Waals surface area contributed by atoms with Crippen molar-refractivity contribution in [2.75, 3.05) is 6.61 Å². The predicted molar refractivity (Wildman–Crippen MR) is 44.0 cm³/mol. The molecule has 0 rings (SSSR count). The van der Waals surface area contributed by atoms with Gasteiger partial charge in [0.25, 0.3) is 0 Å². The van der Waals surface area contributed by atoms with E-state index in [9.17, 15) is 9.59 Å². The lowest BCUT2D eigenvalue weighted by Crippen LogP contribution is -2.41. The number of carboxylic acid groups (broad SMARTS) is 1. The van der Waals surface area contributed by atoms with Crippen LogP contribution < -0.4 is 5.73 Å². The molecule has 7 nitrogen and oxygen atoms in total. The molecule has 0 bridgehead atoms. The smallest absolute Gasteiger partial charge is 0.308 e. The van der Waals surface area contributed by atoms with Gasteiger partial charge < -0.3 is 20.1 Å². The van der Waals surface area contributed by atoms with Crippen LogP contribution in [-0.2, 0) is 14.3 Å². The van der Waals surface area contributed by atoms with Crippen LogP contribution in [0.25, 0.3) is 0 Å². The van der Waals surface area contributed by atoms with Gasteiger partial charge in [0.15, 0.2) is 6.23 Å². The maximum Gasteiger partial charge on any atom is 0.308 e. The molecule has 0 aromatic rings. The molecular formula is C7H13NO6. The van der Waals surface area contributed by atoms with Crippen LogP contribution in [-0.4, -0.2) is 46.2 Å². The van der Waals surface area contributed by atoms with Gasteiger partial charge in [-0.1, -0.05) is 0 Å². The Morgan fingerprint density at radius 2 is 1.93 bits per heavy atom. The highest BCUT2D eigenvalue weighted by Crippen LogP contribution is 1.98. The molecule has 7 heteroatoms. The second-order valence-electron chi connectivity index (χ2n) is 2.60. The van der Waals surface area contributed by atoms with E-state index in [1.165, 1.54) is 0 Å². The van der Waals surface area contributed by atoms with E-state index in [0.717, 1.165) is 0 Å². The van der Waals surface area contributed by atoms with Gasteiger partial charge in [-0.2, -0.15) is 0 Å². The van der Waals surface area contributed by atoms with Crippen molar-refractivity contribution in [3.63, 3.8) is 0 Å². The number of nitrogens with two attached hydrogens (primary N) is 1. The fourth-order valence-electron chi connectivity index (χ4n) is 0.602. The zero-order valence-electron chi connectivity index (χ0n) is 7.42. The monoisotopic (exact) mass is 207 g/mol. The molecule has 0 aliphatic carbocycles. The maximum absolute atomic E-state index is 10.8. The molecule has 0 aliphatic rings.